The largest absolute Gasteiger partial charge is 0.481 e. The predicted molar refractivity (Wildman–Crippen MR) is 82.7 cm³/mol. The maximum absolute atomic E-state index is 12.1. The van der Waals surface area contributed by atoms with Crippen LogP contribution in [0, 0.1) is 5.41 Å². The SMILES string of the molecule is CN(C)c1cccc(CNC(=O)N2CCC(C)(C(=O)O)C2)n1. The molecule has 1 aromatic rings. The van der Waals surface area contributed by atoms with Gasteiger partial charge in [-0.1, -0.05) is 6.07 Å². The molecule has 0 bridgehead atoms. The van der Waals surface area contributed by atoms with Gasteiger partial charge in [-0.3, -0.25) is 4.79 Å². The minimum atomic E-state index is -0.858. The second-order valence-corrected chi connectivity index (χ2v) is 6.08. The fraction of sp³-hybridized carbons (Fsp3) is 0.533. The summed E-state index contributed by atoms with van der Waals surface area (Å²) in [5.41, 5.74) is -0.0831. The molecular weight excluding hydrogens is 284 g/mol. The Morgan fingerprint density at radius 3 is 2.77 bits per heavy atom. The zero-order chi connectivity index (χ0) is 16.3. The van der Waals surface area contributed by atoms with E-state index in [9.17, 15) is 14.7 Å². The number of aromatic nitrogens is 1. The molecule has 1 aromatic heterocycles. The first kappa shape index (κ1) is 16.1. The number of nitrogens with one attached hydrogen (secondary N) is 1. The number of carboxylic acids is 1. The Morgan fingerprint density at radius 2 is 2.18 bits per heavy atom. The predicted octanol–water partition coefficient (Wildman–Crippen LogP) is 1.15. The first-order valence-electron chi connectivity index (χ1n) is 7.21. The van der Waals surface area contributed by atoms with Gasteiger partial charge >= 0.3 is 12.0 Å². The Labute approximate surface area is 129 Å². The van der Waals surface area contributed by atoms with Crippen molar-refractivity contribution in [3.05, 3.63) is 23.9 Å². The minimum absolute atomic E-state index is 0.235. The Kier molecular flexibility index (Phi) is 4.54. The summed E-state index contributed by atoms with van der Waals surface area (Å²) in [6.07, 6.45) is 0.476. The summed E-state index contributed by atoms with van der Waals surface area (Å²) < 4.78 is 0. The van der Waals surface area contributed by atoms with E-state index in [0.29, 0.717) is 19.5 Å². The fourth-order valence-corrected chi connectivity index (χ4v) is 2.40. The van der Waals surface area contributed by atoms with Crippen LogP contribution in [0.15, 0.2) is 18.2 Å². The lowest BCUT2D eigenvalue weighted by molar-refractivity contribution is -0.147. The number of pyridine rings is 1. The number of carboxylic acid groups (broad SMARTS) is 1. The Morgan fingerprint density at radius 1 is 1.45 bits per heavy atom. The number of carbonyl (C=O) groups excluding carboxylic acids is 1. The average molecular weight is 306 g/mol. The van der Waals surface area contributed by atoms with E-state index in [4.69, 9.17) is 0 Å². The van der Waals surface area contributed by atoms with Gasteiger partial charge in [0, 0.05) is 27.2 Å². The van der Waals surface area contributed by atoms with E-state index in [1.165, 1.54) is 0 Å². The molecule has 0 saturated carbocycles. The lowest BCUT2D eigenvalue weighted by Crippen LogP contribution is -2.40. The molecule has 1 saturated heterocycles. The van der Waals surface area contributed by atoms with Crippen LogP contribution >= 0.6 is 0 Å². The van der Waals surface area contributed by atoms with Crippen molar-refractivity contribution in [1.82, 2.24) is 15.2 Å². The Bertz CT molecular complexity index is 576. The van der Waals surface area contributed by atoms with E-state index in [0.717, 1.165) is 11.5 Å². The quantitative estimate of drug-likeness (QED) is 0.871. The van der Waals surface area contributed by atoms with Crippen LogP contribution in [0.3, 0.4) is 0 Å². The van der Waals surface area contributed by atoms with Gasteiger partial charge in [-0.2, -0.15) is 0 Å². The maximum atomic E-state index is 12.1. The van der Waals surface area contributed by atoms with Crippen LogP contribution in [0.25, 0.3) is 0 Å². The molecule has 1 aliphatic heterocycles. The number of carbonyl (C=O) groups is 2. The second kappa shape index (κ2) is 6.21. The third-order valence-electron chi connectivity index (χ3n) is 3.95. The highest BCUT2D eigenvalue weighted by Gasteiger charge is 2.42. The molecule has 0 aliphatic carbocycles. The average Bonchev–Trinajstić information content (AvgIpc) is 2.89. The number of hydrogen-bond acceptors (Lipinski definition) is 4. The number of amides is 2. The molecule has 2 amide bonds. The van der Waals surface area contributed by atoms with Crippen molar-refractivity contribution in [1.29, 1.82) is 0 Å². The molecule has 1 unspecified atom stereocenters. The van der Waals surface area contributed by atoms with Crippen LogP contribution in [0.1, 0.15) is 19.0 Å². The van der Waals surface area contributed by atoms with Gasteiger partial charge in [0.05, 0.1) is 17.7 Å². The van der Waals surface area contributed by atoms with Gasteiger partial charge in [0.2, 0.25) is 0 Å². The van der Waals surface area contributed by atoms with Gasteiger partial charge in [0.1, 0.15) is 5.82 Å². The van der Waals surface area contributed by atoms with Crippen molar-refractivity contribution >= 4 is 17.8 Å². The van der Waals surface area contributed by atoms with E-state index >= 15 is 0 Å². The molecule has 1 aliphatic rings. The highest BCUT2D eigenvalue weighted by Crippen LogP contribution is 2.29. The summed E-state index contributed by atoms with van der Waals surface area (Å²) in [6.45, 7) is 2.69. The van der Waals surface area contributed by atoms with Gasteiger partial charge in [-0.25, -0.2) is 9.78 Å². The molecule has 2 heterocycles. The van der Waals surface area contributed by atoms with E-state index in [-0.39, 0.29) is 12.6 Å². The molecule has 1 atom stereocenters. The molecule has 120 valence electrons. The first-order chi connectivity index (χ1) is 10.3. The monoisotopic (exact) mass is 306 g/mol. The van der Waals surface area contributed by atoms with E-state index < -0.39 is 11.4 Å². The minimum Gasteiger partial charge on any atom is -0.481 e. The number of likely N-dealkylation sites (tertiary alicyclic amines) is 1. The van der Waals surface area contributed by atoms with Crippen LogP contribution in [0.2, 0.25) is 0 Å². The van der Waals surface area contributed by atoms with Crippen molar-refractivity contribution in [2.75, 3.05) is 32.1 Å². The summed E-state index contributed by atoms with van der Waals surface area (Å²) in [5.74, 6) is -0.0328. The molecule has 0 aromatic carbocycles. The van der Waals surface area contributed by atoms with E-state index in [1.807, 2.05) is 37.2 Å². The maximum Gasteiger partial charge on any atom is 0.317 e. The molecule has 1 fully saturated rings. The molecular formula is C15H22N4O3. The van der Waals surface area contributed by atoms with Crippen molar-refractivity contribution < 1.29 is 14.7 Å². The lowest BCUT2D eigenvalue weighted by Gasteiger charge is -2.20. The summed E-state index contributed by atoms with van der Waals surface area (Å²) in [6, 6.07) is 5.38. The number of anilines is 1. The summed E-state index contributed by atoms with van der Waals surface area (Å²) in [4.78, 5) is 31.2. The molecule has 2 rings (SSSR count). The Hall–Kier alpha value is -2.31. The highest BCUT2D eigenvalue weighted by atomic mass is 16.4. The number of rotatable bonds is 4. The zero-order valence-corrected chi connectivity index (χ0v) is 13.2. The van der Waals surface area contributed by atoms with Crippen LogP contribution in [-0.2, 0) is 11.3 Å². The van der Waals surface area contributed by atoms with Gasteiger partial charge in [0.25, 0.3) is 0 Å². The normalized spacial score (nSPS) is 20.8. The van der Waals surface area contributed by atoms with Gasteiger partial charge in [-0.05, 0) is 25.5 Å². The number of urea groups is 1. The van der Waals surface area contributed by atoms with E-state index in [2.05, 4.69) is 10.3 Å². The number of hydrogen-bond donors (Lipinski definition) is 2. The molecule has 7 heteroatoms. The summed E-state index contributed by atoms with van der Waals surface area (Å²) >= 11 is 0. The highest BCUT2D eigenvalue weighted by molar-refractivity contribution is 5.79. The van der Waals surface area contributed by atoms with Crippen molar-refractivity contribution in [2.45, 2.75) is 19.9 Å². The van der Waals surface area contributed by atoms with Crippen LogP contribution < -0.4 is 10.2 Å². The molecule has 22 heavy (non-hydrogen) atoms. The van der Waals surface area contributed by atoms with Gasteiger partial charge in [-0.15, -0.1) is 0 Å². The number of nitrogens with zero attached hydrogens (tertiary/aromatic N) is 3. The third kappa shape index (κ3) is 3.47. The van der Waals surface area contributed by atoms with E-state index in [1.54, 1.807) is 11.8 Å². The first-order valence-corrected chi connectivity index (χ1v) is 7.21. The van der Waals surface area contributed by atoms with Gasteiger partial charge < -0.3 is 20.2 Å². The summed E-state index contributed by atoms with van der Waals surface area (Å²) in [5, 5.41) is 12.0. The Balaban J connectivity index is 1.91. The molecule has 0 spiro atoms. The smallest absolute Gasteiger partial charge is 0.317 e. The molecule has 0 radical (unpaired) electrons. The summed E-state index contributed by atoms with van der Waals surface area (Å²) in [7, 11) is 3.81. The number of aliphatic carboxylic acids is 1. The topological polar surface area (TPSA) is 85.8 Å². The fourth-order valence-electron chi connectivity index (χ4n) is 2.40. The molecule has 7 nitrogen and oxygen atoms in total. The second-order valence-electron chi connectivity index (χ2n) is 6.08. The van der Waals surface area contributed by atoms with Crippen molar-refractivity contribution in [2.24, 2.45) is 5.41 Å². The van der Waals surface area contributed by atoms with Crippen LogP contribution in [0.4, 0.5) is 10.6 Å². The zero-order valence-electron chi connectivity index (χ0n) is 13.2. The van der Waals surface area contributed by atoms with Crippen LogP contribution in [0.5, 0.6) is 0 Å². The molecule has 2 N–H and O–H groups in total. The van der Waals surface area contributed by atoms with Gasteiger partial charge in [0.15, 0.2) is 0 Å². The lowest BCUT2D eigenvalue weighted by atomic mass is 9.90. The standard InChI is InChI=1S/C15H22N4O3/c1-15(13(20)21)7-8-19(10-15)14(22)16-9-11-5-4-6-12(17-11)18(2)3/h4-6H,7-10H2,1-3H3,(H,16,22)(H,20,21). The van der Waals surface area contributed by atoms with Crippen molar-refractivity contribution in [3.63, 3.8) is 0 Å². The van der Waals surface area contributed by atoms with Crippen molar-refractivity contribution in [3.8, 4) is 0 Å². The third-order valence-corrected chi connectivity index (χ3v) is 3.95. The van der Waals surface area contributed by atoms with Crippen LogP contribution in [-0.4, -0.2) is 54.2 Å².